The number of halogens is 1. The zero-order valence-corrected chi connectivity index (χ0v) is 11.3. The van der Waals surface area contributed by atoms with Gasteiger partial charge in [0, 0.05) is 6.42 Å². The zero-order chi connectivity index (χ0) is 16.0. The zero-order valence-electron chi connectivity index (χ0n) is 11.3. The molecule has 21 heavy (non-hydrogen) atoms. The van der Waals surface area contributed by atoms with Gasteiger partial charge >= 0.3 is 5.97 Å². The lowest BCUT2D eigenvalue weighted by Gasteiger charge is -2.15. The molecule has 0 unspecified atom stereocenters. The van der Waals surface area contributed by atoms with Crippen molar-refractivity contribution in [1.82, 2.24) is 5.32 Å². The summed E-state index contributed by atoms with van der Waals surface area (Å²) in [4.78, 5) is 33.7. The Bertz CT molecular complexity index is 561. The first kappa shape index (κ1) is 16.4. The highest BCUT2D eigenvalue weighted by Crippen LogP contribution is 2.21. The maximum absolute atomic E-state index is 13.7. The van der Waals surface area contributed by atoms with Crippen molar-refractivity contribution >= 4 is 17.8 Å². The molecule has 0 spiro atoms. The van der Waals surface area contributed by atoms with Crippen molar-refractivity contribution in [2.45, 2.75) is 18.9 Å². The van der Waals surface area contributed by atoms with E-state index in [4.69, 9.17) is 15.6 Å². The van der Waals surface area contributed by atoms with Crippen molar-refractivity contribution < 1.29 is 28.6 Å². The van der Waals surface area contributed by atoms with Crippen molar-refractivity contribution in [2.24, 2.45) is 5.73 Å². The van der Waals surface area contributed by atoms with E-state index >= 15 is 0 Å². The van der Waals surface area contributed by atoms with Crippen LogP contribution in [-0.4, -0.2) is 36.0 Å². The number of hydrogen-bond donors (Lipinski definition) is 3. The number of amides is 2. The van der Waals surface area contributed by atoms with Gasteiger partial charge in [0.15, 0.2) is 0 Å². The van der Waals surface area contributed by atoms with Crippen LogP contribution in [-0.2, 0) is 9.59 Å². The van der Waals surface area contributed by atoms with Crippen LogP contribution in [0.1, 0.15) is 23.2 Å². The Kier molecular flexibility index (Phi) is 5.65. The molecule has 4 N–H and O–H groups in total. The van der Waals surface area contributed by atoms with Gasteiger partial charge < -0.3 is 20.9 Å². The maximum atomic E-state index is 13.7. The average Bonchev–Trinajstić information content (AvgIpc) is 2.42. The van der Waals surface area contributed by atoms with Gasteiger partial charge in [-0.25, -0.2) is 9.18 Å². The summed E-state index contributed by atoms with van der Waals surface area (Å²) in [6.45, 7) is 0. The Morgan fingerprint density at radius 2 is 2.10 bits per heavy atom. The minimum absolute atomic E-state index is 0.0217. The first-order chi connectivity index (χ1) is 9.86. The molecular weight excluding hydrogens is 283 g/mol. The molecule has 8 heteroatoms. The fourth-order valence-corrected chi connectivity index (χ4v) is 1.67. The molecule has 1 aromatic rings. The smallest absolute Gasteiger partial charge is 0.326 e. The van der Waals surface area contributed by atoms with E-state index < -0.39 is 35.2 Å². The lowest BCUT2D eigenvalue weighted by atomic mass is 10.1. The Morgan fingerprint density at radius 3 is 2.62 bits per heavy atom. The number of aliphatic carboxylic acids is 1. The van der Waals surface area contributed by atoms with Crippen LogP contribution < -0.4 is 15.8 Å². The van der Waals surface area contributed by atoms with E-state index in [0.717, 1.165) is 6.07 Å². The Balaban J connectivity index is 2.92. The molecule has 1 rings (SSSR count). The minimum atomic E-state index is -1.35. The molecular formula is C13H15FN2O5. The number of carboxylic acids is 1. The van der Waals surface area contributed by atoms with Crippen LogP contribution >= 0.6 is 0 Å². The maximum Gasteiger partial charge on any atom is 0.326 e. The van der Waals surface area contributed by atoms with Crippen molar-refractivity contribution in [3.05, 3.63) is 29.6 Å². The lowest BCUT2D eigenvalue weighted by molar-refractivity contribution is -0.139. The summed E-state index contributed by atoms with van der Waals surface area (Å²) < 4.78 is 18.6. The van der Waals surface area contributed by atoms with E-state index in [2.05, 4.69) is 5.32 Å². The molecule has 0 radical (unpaired) electrons. The highest BCUT2D eigenvalue weighted by molar-refractivity contribution is 5.99. The van der Waals surface area contributed by atoms with Gasteiger partial charge in [-0.2, -0.15) is 0 Å². The molecule has 0 saturated heterocycles. The monoisotopic (exact) mass is 298 g/mol. The van der Waals surface area contributed by atoms with Crippen LogP contribution in [0.15, 0.2) is 18.2 Å². The molecule has 0 heterocycles. The quantitative estimate of drug-likeness (QED) is 0.668. The molecule has 0 aliphatic carbocycles. The van der Waals surface area contributed by atoms with E-state index in [9.17, 15) is 18.8 Å². The highest BCUT2D eigenvalue weighted by Gasteiger charge is 2.24. The second-order valence-corrected chi connectivity index (χ2v) is 4.19. The number of rotatable bonds is 7. The molecule has 7 nitrogen and oxygen atoms in total. The van der Waals surface area contributed by atoms with Crippen molar-refractivity contribution in [2.75, 3.05) is 7.11 Å². The van der Waals surface area contributed by atoms with E-state index in [0.29, 0.717) is 0 Å². The van der Waals surface area contributed by atoms with Gasteiger partial charge in [0.1, 0.15) is 23.2 Å². The second-order valence-electron chi connectivity index (χ2n) is 4.19. The summed E-state index contributed by atoms with van der Waals surface area (Å²) in [7, 11) is 1.26. The average molecular weight is 298 g/mol. The van der Waals surface area contributed by atoms with Crippen molar-refractivity contribution in [1.29, 1.82) is 0 Å². The fourth-order valence-electron chi connectivity index (χ4n) is 1.67. The van der Waals surface area contributed by atoms with Gasteiger partial charge in [0.25, 0.3) is 5.91 Å². The first-order valence-corrected chi connectivity index (χ1v) is 6.01. The van der Waals surface area contributed by atoms with E-state index in [1.54, 1.807) is 0 Å². The van der Waals surface area contributed by atoms with Gasteiger partial charge in [0.2, 0.25) is 5.91 Å². The Labute approximate surface area is 119 Å². The van der Waals surface area contributed by atoms with Crippen LogP contribution in [0.3, 0.4) is 0 Å². The van der Waals surface area contributed by atoms with Crippen LogP contribution in [0.4, 0.5) is 4.39 Å². The van der Waals surface area contributed by atoms with E-state index in [1.807, 2.05) is 0 Å². The van der Waals surface area contributed by atoms with Crippen LogP contribution in [0.25, 0.3) is 0 Å². The first-order valence-electron chi connectivity index (χ1n) is 6.01. The number of carbonyl (C=O) groups excluding carboxylic acids is 2. The molecule has 2 amide bonds. The summed E-state index contributed by atoms with van der Waals surface area (Å²) in [5.41, 5.74) is 4.53. The molecule has 0 fully saturated rings. The number of hydrogen-bond acceptors (Lipinski definition) is 4. The normalized spacial score (nSPS) is 11.5. The predicted octanol–water partition coefficient (Wildman–Crippen LogP) is 0.283. The number of methoxy groups -OCH3 is 1. The predicted molar refractivity (Wildman–Crippen MR) is 70.3 cm³/mol. The molecule has 0 aliphatic heterocycles. The van der Waals surface area contributed by atoms with E-state index in [1.165, 1.54) is 19.2 Å². The molecule has 114 valence electrons. The topological polar surface area (TPSA) is 119 Å². The van der Waals surface area contributed by atoms with Crippen LogP contribution in [0.2, 0.25) is 0 Å². The molecule has 0 aromatic heterocycles. The second kappa shape index (κ2) is 7.22. The summed E-state index contributed by atoms with van der Waals surface area (Å²) in [5.74, 6) is -3.85. The lowest BCUT2D eigenvalue weighted by Crippen LogP contribution is -2.41. The minimum Gasteiger partial charge on any atom is -0.496 e. The van der Waals surface area contributed by atoms with E-state index in [-0.39, 0.29) is 18.6 Å². The standard InChI is InChI=1S/C13H15FN2O5/c1-21-9-4-2-3-7(14)11(9)12(18)16-8(13(19)20)5-6-10(15)17/h2-4,8H,5-6H2,1H3,(H2,15,17)(H,16,18)(H,19,20)/t8-/m0/s1. The number of primary amides is 1. The number of carbonyl (C=O) groups is 3. The molecule has 0 bridgehead atoms. The van der Waals surface area contributed by atoms with Crippen LogP contribution in [0.5, 0.6) is 5.75 Å². The number of benzene rings is 1. The molecule has 0 saturated carbocycles. The van der Waals surface area contributed by atoms with Gasteiger partial charge in [-0.15, -0.1) is 0 Å². The number of carboxylic acid groups (broad SMARTS) is 1. The fraction of sp³-hybridized carbons (Fsp3) is 0.308. The number of nitrogens with one attached hydrogen (secondary N) is 1. The highest BCUT2D eigenvalue weighted by atomic mass is 19.1. The van der Waals surface area contributed by atoms with Gasteiger partial charge in [-0.05, 0) is 18.6 Å². The molecule has 0 aliphatic rings. The molecule has 1 aromatic carbocycles. The van der Waals surface area contributed by atoms with Gasteiger partial charge in [-0.3, -0.25) is 9.59 Å². The van der Waals surface area contributed by atoms with Gasteiger partial charge in [-0.1, -0.05) is 6.07 Å². The third-order valence-electron chi connectivity index (χ3n) is 2.71. The summed E-state index contributed by atoms with van der Waals surface area (Å²) >= 11 is 0. The third kappa shape index (κ3) is 4.44. The van der Waals surface area contributed by atoms with Gasteiger partial charge in [0.05, 0.1) is 7.11 Å². The number of ether oxygens (including phenoxy) is 1. The third-order valence-corrected chi connectivity index (χ3v) is 2.71. The summed E-state index contributed by atoms with van der Waals surface area (Å²) in [6, 6.07) is 2.43. The number of nitrogens with two attached hydrogens (primary N) is 1. The Morgan fingerprint density at radius 1 is 1.43 bits per heavy atom. The SMILES string of the molecule is COc1cccc(F)c1C(=O)N[C@@H](CCC(N)=O)C(=O)O. The summed E-state index contributed by atoms with van der Waals surface area (Å²) in [5, 5.41) is 11.1. The largest absolute Gasteiger partial charge is 0.496 e. The molecule has 1 atom stereocenters. The summed E-state index contributed by atoms with van der Waals surface area (Å²) in [6.07, 6.45) is -0.404. The van der Waals surface area contributed by atoms with Crippen molar-refractivity contribution in [3.8, 4) is 5.75 Å². The van der Waals surface area contributed by atoms with Crippen LogP contribution in [0, 0.1) is 5.82 Å². The Hall–Kier alpha value is -2.64. The van der Waals surface area contributed by atoms with Crippen molar-refractivity contribution in [3.63, 3.8) is 0 Å².